The Bertz CT molecular complexity index is 8430. The van der Waals surface area contributed by atoms with Gasteiger partial charge in [0.2, 0.25) is 10.0 Å². The van der Waals surface area contributed by atoms with E-state index in [2.05, 4.69) is 70.9 Å². The number of aromatic nitrogens is 13. The molecule has 13 aromatic heterocycles. The zero-order chi connectivity index (χ0) is 103. The largest absolute Gasteiger partial charge is 0.491 e. The maximum atomic E-state index is 12.3. The quantitative estimate of drug-likeness (QED) is 0.0434. The minimum absolute atomic E-state index is 0.0539. The first-order valence-corrected chi connectivity index (χ1v) is 47.0. The summed E-state index contributed by atoms with van der Waals surface area (Å²) < 4.78 is 55.0. The number of benzene rings is 5. The summed E-state index contributed by atoms with van der Waals surface area (Å²) in [5, 5.41) is 13.0. The second kappa shape index (κ2) is 43.2. The molecule has 0 bridgehead atoms. The summed E-state index contributed by atoms with van der Waals surface area (Å²) in [5.41, 5.74) is 52.1. The van der Waals surface area contributed by atoms with Crippen LogP contribution in [0.2, 0.25) is 0 Å². The number of ketones is 6. The highest BCUT2D eigenvalue weighted by atomic mass is 32.2. The van der Waals surface area contributed by atoms with E-state index >= 15 is 0 Å². The van der Waals surface area contributed by atoms with Gasteiger partial charge in [0.25, 0.3) is 5.91 Å². The van der Waals surface area contributed by atoms with E-state index in [1.54, 1.807) is 111 Å². The summed E-state index contributed by atoms with van der Waals surface area (Å²) >= 11 is 0. The molecule has 18 rings (SSSR count). The first kappa shape index (κ1) is 101. The molecular formula is C106H96N22O12S2. The molecule has 0 aliphatic rings. The Balaban J connectivity index is 0.000000143. The number of fused-ring (bicyclic) bond motifs is 6. The highest BCUT2D eigenvalue weighted by Gasteiger charge is 2.24. The van der Waals surface area contributed by atoms with Crippen molar-refractivity contribution in [2.45, 2.75) is 78.2 Å². The normalized spacial score (nSPS) is 11.1. The molecule has 0 aliphatic heterocycles. The third-order valence-electron chi connectivity index (χ3n) is 22.1. The van der Waals surface area contributed by atoms with Crippen LogP contribution in [0.3, 0.4) is 0 Å². The fourth-order valence-electron chi connectivity index (χ4n) is 14.9. The van der Waals surface area contributed by atoms with E-state index in [4.69, 9.17) is 44.4 Å². The number of pyridine rings is 13. The van der Waals surface area contributed by atoms with E-state index in [0.29, 0.717) is 150 Å². The fraction of sp³-hybridized carbons (Fsp3) is 0.142. The molecule has 0 saturated heterocycles. The van der Waals surface area contributed by atoms with Gasteiger partial charge in [0.05, 0.1) is 61.7 Å². The molecule has 0 spiro atoms. The van der Waals surface area contributed by atoms with Gasteiger partial charge >= 0.3 is 0 Å². The van der Waals surface area contributed by atoms with E-state index < -0.39 is 19.9 Å². The van der Waals surface area contributed by atoms with Crippen molar-refractivity contribution in [3.05, 3.63) is 300 Å². The van der Waals surface area contributed by atoms with Crippen LogP contribution in [-0.4, -0.2) is 172 Å². The number of sulfone groups is 1. The van der Waals surface area contributed by atoms with Gasteiger partial charge in [0, 0.05) is 188 Å². The minimum atomic E-state index is -3.55. The molecule has 18 aromatic rings. The van der Waals surface area contributed by atoms with Crippen LogP contribution in [0.4, 0.5) is 34.9 Å². The molecule has 0 atom stereocenters. The van der Waals surface area contributed by atoms with Crippen molar-refractivity contribution in [1.82, 2.24) is 74.0 Å². The number of rotatable bonds is 18. The molecule has 12 N–H and O–H groups in total. The Morgan fingerprint density at radius 3 is 0.923 bits per heavy atom. The number of carbonyl (C=O) groups excluding carboxylic acids is 7. The SMILES string of the molecule is CC(=O)c1cnc(N)c2nc(-c3cccc(C#N)c3)ccc12.CC(=O)c1cnc(N)c2nc(-c3cccc(C(=O)N(C)C)c3)ccc12.CC(=O)c1cnc(N)c2nc(-c3cccc(OC(C)C)c3)ccc12.CC(=O)c1cnc(N)c2nc(-c3cccc(S(=O)(=O)N(C)C)c3)ccc12.CC(=O)c1cnc(N)c2nc(-c3cccc(S(C)(=O)=O)c3)ccc12.CC(=O)c1cnc(N)c2nc(-c3ccnc(C)c3)ccc12. The number of hydrogen-bond donors (Lipinski definition) is 6. The molecule has 0 radical (unpaired) electrons. The lowest BCUT2D eigenvalue weighted by Crippen LogP contribution is -2.22. The van der Waals surface area contributed by atoms with Gasteiger partial charge in [0.15, 0.2) is 44.5 Å². The topological polar surface area (TPSA) is 551 Å². The predicted octanol–water partition coefficient (Wildman–Crippen LogP) is 17.2. The minimum Gasteiger partial charge on any atom is -0.491 e. The van der Waals surface area contributed by atoms with Crippen molar-refractivity contribution in [1.29, 1.82) is 5.26 Å². The van der Waals surface area contributed by atoms with Gasteiger partial charge in [-0.15, -0.1) is 0 Å². The molecular weight excluding hydrogens is 1840 g/mol. The van der Waals surface area contributed by atoms with Gasteiger partial charge < -0.3 is 44.0 Å². The summed E-state index contributed by atoms with van der Waals surface area (Å²) in [5.74, 6) is 1.77. The maximum absolute atomic E-state index is 12.3. The van der Waals surface area contributed by atoms with Crippen molar-refractivity contribution in [3.63, 3.8) is 0 Å². The third kappa shape index (κ3) is 23.1. The monoisotopic (exact) mass is 1930 g/mol. The summed E-state index contributed by atoms with van der Waals surface area (Å²) in [6.07, 6.45) is 11.8. The smallest absolute Gasteiger partial charge is 0.253 e. The summed E-state index contributed by atoms with van der Waals surface area (Å²) in [7, 11) is -0.493. The number of nitrogens with zero attached hydrogens (tertiary/aromatic N) is 16. The molecule has 0 unspecified atom stereocenters. The van der Waals surface area contributed by atoms with Gasteiger partial charge in [-0.25, -0.2) is 80.9 Å². The average molecular weight is 1930 g/mol. The number of ether oxygens (including phenoxy) is 1. The highest BCUT2D eigenvalue weighted by molar-refractivity contribution is 7.90. The molecule has 34 nitrogen and oxygen atoms in total. The zero-order valence-corrected chi connectivity index (χ0v) is 81.2. The summed E-state index contributed by atoms with van der Waals surface area (Å²) in [4.78, 5) is 140. The number of hydrogen-bond acceptors (Lipinski definition) is 32. The van der Waals surface area contributed by atoms with Gasteiger partial charge in [0.1, 0.15) is 73.8 Å². The lowest BCUT2D eigenvalue weighted by Gasteiger charge is -2.12. The van der Waals surface area contributed by atoms with E-state index in [9.17, 15) is 50.4 Å². The van der Waals surface area contributed by atoms with Gasteiger partial charge in [-0.05, 0) is 208 Å². The molecule has 0 fully saturated rings. The molecule has 1 amide bonds. The van der Waals surface area contributed by atoms with Crippen molar-refractivity contribution in [2.24, 2.45) is 0 Å². The number of anilines is 6. The Hall–Kier alpha value is -18.0. The zero-order valence-electron chi connectivity index (χ0n) is 79.6. The number of nitrogen functional groups attached to an aromatic ring is 6. The number of nitriles is 1. The highest BCUT2D eigenvalue weighted by Crippen LogP contribution is 2.36. The number of carbonyl (C=O) groups is 7. The number of aryl methyl sites for hydroxylation is 1. The lowest BCUT2D eigenvalue weighted by atomic mass is 10.0. The van der Waals surface area contributed by atoms with Crippen molar-refractivity contribution in [3.8, 4) is 79.4 Å². The number of amides is 1. The van der Waals surface area contributed by atoms with Crippen LogP contribution in [0.1, 0.15) is 139 Å². The molecule has 0 aliphatic carbocycles. The Kier molecular flexibility index (Phi) is 30.9. The standard InChI is InChI=1S/C19H18N4O2.C19H19N3O2.C18H18N4O3S.C17H12N4O.C17H15N3O3S.C16H14N4O/c1-11(24)15-10-21-18(20)17-14(15)7-8-16(22-17)12-5-4-6-13(9-12)19(25)23(2)3;1-11(2)24-14-6-4-5-13(9-14)17-8-7-15-16(12(3)23)10-21-19(20)18(15)22-17;1-11(23)15-10-20-18(19)17-14(15)7-8-16(21-17)12-5-4-6-13(9-12)26(24,25)22(2)3;1-10(22)14-9-20-17(19)16-13(14)5-6-15(21-16)12-4-2-3-11(7-12)8-18;1-10(21)14-9-19-17(18)16-13(14)6-7-15(20-16)11-4-3-5-12(8-11)24(2,22)23;1-9-7-11(5-6-18-9)14-4-3-12-13(10(2)21)8-19-16(17)15(12)20-14/h4-10H,1-3H3,(H2,20,21);4-11H,1-3H3,(H2,20,21);4-10H,1-3H3,(H2,19,20);2-7,9H,1H3,(H2,19,20);3-9H,1-2H3,(H2,18,19);3-8H,1-2H3,(H2,17,19). The van der Waals surface area contributed by atoms with Gasteiger partial charge in [-0.2, -0.15) is 5.26 Å². The molecule has 0 saturated carbocycles. The molecule has 142 heavy (non-hydrogen) atoms. The van der Waals surface area contributed by atoms with Crippen molar-refractivity contribution in [2.75, 3.05) is 68.8 Å². The van der Waals surface area contributed by atoms with Crippen molar-refractivity contribution < 1.29 is 55.1 Å². The first-order valence-electron chi connectivity index (χ1n) is 43.7. The third-order valence-corrected chi connectivity index (χ3v) is 25.0. The van der Waals surface area contributed by atoms with E-state index in [-0.39, 0.29) is 79.8 Å². The average Bonchev–Trinajstić information content (AvgIpc) is 0.786. The molecule has 36 heteroatoms. The van der Waals surface area contributed by atoms with Gasteiger partial charge in [-0.3, -0.25) is 38.5 Å². The van der Waals surface area contributed by atoms with Crippen LogP contribution in [0.15, 0.2) is 259 Å². The van der Waals surface area contributed by atoms with Crippen LogP contribution >= 0.6 is 0 Å². The van der Waals surface area contributed by atoms with Crippen LogP contribution in [0, 0.1) is 18.3 Å². The number of sulfonamides is 1. The second-order valence-corrected chi connectivity index (χ2v) is 37.4. The fourth-order valence-corrected chi connectivity index (χ4v) is 16.5. The second-order valence-electron chi connectivity index (χ2n) is 33.2. The maximum Gasteiger partial charge on any atom is 0.253 e. The van der Waals surface area contributed by atoms with Crippen LogP contribution in [0.5, 0.6) is 5.75 Å². The molecule has 714 valence electrons. The number of nitrogens with two attached hydrogens (primary N) is 6. The predicted molar refractivity (Wildman–Crippen MR) is 551 cm³/mol. The van der Waals surface area contributed by atoms with Crippen molar-refractivity contribution >= 4 is 161 Å². The van der Waals surface area contributed by atoms with E-state index in [0.717, 1.165) is 61.0 Å². The Morgan fingerprint density at radius 1 is 0.345 bits per heavy atom. The summed E-state index contributed by atoms with van der Waals surface area (Å²) in [6.45, 7) is 14.8. The van der Waals surface area contributed by atoms with E-state index in [1.807, 2.05) is 124 Å². The van der Waals surface area contributed by atoms with E-state index in [1.165, 1.54) is 110 Å². The van der Waals surface area contributed by atoms with Crippen LogP contribution < -0.4 is 39.1 Å². The lowest BCUT2D eigenvalue weighted by molar-refractivity contribution is 0.0826. The molecule has 13 heterocycles. The van der Waals surface area contributed by atoms with Gasteiger partial charge in [-0.1, -0.05) is 60.7 Å². The van der Waals surface area contributed by atoms with Crippen LogP contribution in [-0.2, 0) is 19.9 Å². The first-order chi connectivity index (χ1) is 67.5. The summed E-state index contributed by atoms with van der Waals surface area (Å²) in [6, 6.07) is 62.8. The van der Waals surface area contributed by atoms with Crippen LogP contribution in [0.25, 0.3) is 133 Å². The molecule has 5 aromatic carbocycles. The number of Topliss-reactive ketones (excluding diaryl/α,β-unsaturated/α-hetero) is 6. The Labute approximate surface area is 816 Å². The Morgan fingerprint density at radius 2 is 0.627 bits per heavy atom.